The second kappa shape index (κ2) is 2.96. The maximum atomic E-state index is 12.4. The minimum atomic E-state index is -0.880. The summed E-state index contributed by atoms with van der Waals surface area (Å²) >= 11 is 0. The first-order valence-corrected chi connectivity index (χ1v) is 3.26. The van der Waals surface area contributed by atoms with Gasteiger partial charge in [0.2, 0.25) is 0 Å². The number of hydrogen-bond acceptors (Lipinski definition) is 2. The van der Waals surface area contributed by atoms with E-state index in [4.69, 9.17) is 5.11 Å². The van der Waals surface area contributed by atoms with E-state index in [-0.39, 0.29) is 13.1 Å². The van der Waals surface area contributed by atoms with Gasteiger partial charge in [-0.15, -0.1) is 0 Å². The molecule has 1 aliphatic heterocycles. The molecular weight excluding hydrogens is 137 g/mol. The van der Waals surface area contributed by atoms with Gasteiger partial charge in [-0.3, -0.25) is 9.69 Å². The Kier molecular flexibility index (Phi) is 2.21. The molecule has 1 saturated heterocycles. The Morgan fingerprint density at radius 2 is 2.50 bits per heavy atom. The summed E-state index contributed by atoms with van der Waals surface area (Å²) in [7, 11) is 0. The second-order valence-corrected chi connectivity index (χ2v) is 2.51. The van der Waals surface area contributed by atoms with Crippen molar-refractivity contribution in [3.63, 3.8) is 0 Å². The van der Waals surface area contributed by atoms with Crippen LogP contribution in [-0.4, -0.2) is 41.8 Å². The Bertz CT molecular complexity index is 140. The quantitative estimate of drug-likeness (QED) is 0.602. The van der Waals surface area contributed by atoms with Crippen LogP contribution in [0.4, 0.5) is 4.39 Å². The number of halogens is 1. The van der Waals surface area contributed by atoms with Gasteiger partial charge in [-0.1, -0.05) is 0 Å². The van der Waals surface area contributed by atoms with E-state index in [1.807, 2.05) is 0 Å². The van der Waals surface area contributed by atoms with Crippen LogP contribution in [0, 0.1) is 0 Å². The molecule has 1 unspecified atom stereocenters. The van der Waals surface area contributed by atoms with Crippen LogP contribution < -0.4 is 0 Å². The van der Waals surface area contributed by atoms with Crippen molar-refractivity contribution in [1.82, 2.24) is 4.90 Å². The van der Waals surface area contributed by atoms with Crippen molar-refractivity contribution in [2.75, 3.05) is 19.6 Å². The fraction of sp³-hybridized carbons (Fsp3) is 0.833. The Hall–Kier alpha value is -0.640. The number of carboxylic acids is 1. The van der Waals surface area contributed by atoms with Crippen LogP contribution in [0.3, 0.4) is 0 Å². The molecule has 0 aromatic carbocycles. The highest BCUT2D eigenvalue weighted by molar-refractivity contribution is 5.69. The summed E-state index contributed by atoms with van der Waals surface area (Å²) < 4.78 is 12.4. The third kappa shape index (κ3) is 1.95. The van der Waals surface area contributed by atoms with Gasteiger partial charge >= 0.3 is 5.97 Å². The van der Waals surface area contributed by atoms with Gasteiger partial charge in [-0.05, 0) is 6.42 Å². The van der Waals surface area contributed by atoms with Crippen LogP contribution in [0.25, 0.3) is 0 Å². The molecule has 10 heavy (non-hydrogen) atoms. The lowest BCUT2D eigenvalue weighted by molar-refractivity contribution is -0.138. The lowest BCUT2D eigenvalue weighted by atomic mass is 10.3. The lowest BCUT2D eigenvalue weighted by Crippen LogP contribution is -2.27. The summed E-state index contributed by atoms with van der Waals surface area (Å²) in [5.41, 5.74) is 0. The van der Waals surface area contributed by atoms with Crippen LogP contribution in [0.5, 0.6) is 0 Å². The molecule has 0 amide bonds. The molecule has 1 atom stereocenters. The van der Waals surface area contributed by atoms with Gasteiger partial charge in [0.15, 0.2) is 0 Å². The maximum absolute atomic E-state index is 12.4. The van der Waals surface area contributed by atoms with Gasteiger partial charge in [-0.25, -0.2) is 4.39 Å². The molecule has 1 N–H and O–H groups in total. The SMILES string of the molecule is O=C(O)CN1CCC(F)C1. The minimum absolute atomic E-state index is 0.0274. The molecule has 0 aromatic heterocycles. The molecule has 3 nitrogen and oxygen atoms in total. The fourth-order valence-corrected chi connectivity index (χ4v) is 1.12. The minimum Gasteiger partial charge on any atom is -0.480 e. The van der Waals surface area contributed by atoms with E-state index in [9.17, 15) is 9.18 Å². The van der Waals surface area contributed by atoms with Gasteiger partial charge in [-0.2, -0.15) is 0 Å². The van der Waals surface area contributed by atoms with E-state index >= 15 is 0 Å². The molecule has 4 heteroatoms. The predicted molar refractivity (Wildman–Crippen MR) is 33.6 cm³/mol. The Labute approximate surface area is 58.4 Å². The van der Waals surface area contributed by atoms with E-state index in [1.54, 1.807) is 4.90 Å². The zero-order valence-corrected chi connectivity index (χ0v) is 5.59. The van der Waals surface area contributed by atoms with Crippen molar-refractivity contribution in [3.05, 3.63) is 0 Å². The molecule has 58 valence electrons. The molecule has 0 radical (unpaired) electrons. The number of rotatable bonds is 2. The first-order valence-electron chi connectivity index (χ1n) is 3.26. The van der Waals surface area contributed by atoms with E-state index in [0.29, 0.717) is 13.0 Å². The number of aliphatic carboxylic acids is 1. The molecule has 0 aliphatic carbocycles. The largest absolute Gasteiger partial charge is 0.480 e. The van der Waals surface area contributed by atoms with Crippen molar-refractivity contribution in [3.8, 4) is 0 Å². The summed E-state index contributed by atoms with van der Waals surface area (Å²) in [4.78, 5) is 11.7. The maximum Gasteiger partial charge on any atom is 0.317 e. The van der Waals surface area contributed by atoms with Gasteiger partial charge in [0.25, 0.3) is 0 Å². The highest BCUT2D eigenvalue weighted by Gasteiger charge is 2.22. The summed E-state index contributed by atoms with van der Waals surface area (Å²) in [6.45, 7) is 0.834. The number of alkyl halides is 1. The second-order valence-electron chi connectivity index (χ2n) is 2.51. The Morgan fingerprint density at radius 3 is 2.90 bits per heavy atom. The monoisotopic (exact) mass is 147 g/mol. The molecular formula is C6H10FNO2. The summed E-state index contributed by atoms with van der Waals surface area (Å²) in [6.07, 6.45) is -0.341. The number of carbonyl (C=O) groups is 1. The van der Waals surface area contributed by atoms with Crippen LogP contribution >= 0.6 is 0 Å². The number of nitrogens with zero attached hydrogens (tertiary/aromatic N) is 1. The molecule has 1 fully saturated rings. The highest BCUT2D eigenvalue weighted by Crippen LogP contribution is 2.10. The van der Waals surface area contributed by atoms with E-state index < -0.39 is 12.1 Å². The van der Waals surface area contributed by atoms with Crippen molar-refractivity contribution >= 4 is 5.97 Å². The highest BCUT2D eigenvalue weighted by atomic mass is 19.1. The van der Waals surface area contributed by atoms with Crippen molar-refractivity contribution in [2.24, 2.45) is 0 Å². The lowest BCUT2D eigenvalue weighted by Gasteiger charge is -2.09. The third-order valence-electron chi connectivity index (χ3n) is 1.57. The first-order chi connectivity index (χ1) is 4.68. The Balaban J connectivity index is 2.24. The average Bonchev–Trinajstić information content (AvgIpc) is 2.13. The first kappa shape index (κ1) is 7.47. The topological polar surface area (TPSA) is 40.5 Å². The normalized spacial score (nSPS) is 27.1. The summed E-state index contributed by atoms with van der Waals surface area (Å²) in [5, 5.41) is 8.30. The van der Waals surface area contributed by atoms with E-state index in [1.165, 1.54) is 0 Å². The molecule has 1 aliphatic rings. The van der Waals surface area contributed by atoms with Crippen molar-refractivity contribution in [2.45, 2.75) is 12.6 Å². The predicted octanol–water partition coefficient (Wildman–Crippen LogP) is 0.115. The van der Waals surface area contributed by atoms with Gasteiger partial charge in [0.05, 0.1) is 6.54 Å². The van der Waals surface area contributed by atoms with Crippen molar-refractivity contribution < 1.29 is 14.3 Å². The number of hydrogen-bond donors (Lipinski definition) is 1. The molecule has 0 aromatic rings. The third-order valence-corrected chi connectivity index (χ3v) is 1.57. The number of carboxylic acid groups (broad SMARTS) is 1. The molecule has 1 rings (SSSR count). The number of likely N-dealkylation sites (tertiary alicyclic amines) is 1. The average molecular weight is 147 g/mol. The van der Waals surface area contributed by atoms with Gasteiger partial charge < -0.3 is 5.11 Å². The van der Waals surface area contributed by atoms with Gasteiger partial charge in [0, 0.05) is 13.1 Å². The Morgan fingerprint density at radius 1 is 1.80 bits per heavy atom. The van der Waals surface area contributed by atoms with E-state index in [2.05, 4.69) is 0 Å². The smallest absolute Gasteiger partial charge is 0.317 e. The fourth-order valence-electron chi connectivity index (χ4n) is 1.12. The van der Waals surface area contributed by atoms with Crippen molar-refractivity contribution in [1.29, 1.82) is 0 Å². The zero-order valence-electron chi connectivity index (χ0n) is 5.59. The molecule has 0 saturated carbocycles. The van der Waals surface area contributed by atoms with E-state index in [0.717, 1.165) is 0 Å². The van der Waals surface area contributed by atoms with Crippen LogP contribution in [0.1, 0.15) is 6.42 Å². The van der Waals surface area contributed by atoms with Crippen LogP contribution in [0.2, 0.25) is 0 Å². The summed E-state index contributed by atoms with van der Waals surface area (Å²) in [5.74, 6) is -0.880. The van der Waals surface area contributed by atoms with Crippen LogP contribution in [0.15, 0.2) is 0 Å². The summed E-state index contributed by atoms with van der Waals surface area (Å²) in [6, 6.07) is 0. The van der Waals surface area contributed by atoms with Crippen LogP contribution in [-0.2, 0) is 4.79 Å². The standard InChI is InChI=1S/C6H10FNO2/c7-5-1-2-8(3-5)4-6(9)10/h5H,1-4H2,(H,9,10). The van der Waals surface area contributed by atoms with Gasteiger partial charge in [0.1, 0.15) is 6.17 Å². The molecule has 1 heterocycles. The molecule has 0 spiro atoms. The molecule has 0 bridgehead atoms. The zero-order chi connectivity index (χ0) is 7.56.